The van der Waals surface area contributed by atoms with Gasteiger partial charge in [0.15, 0.2) is 6.29 Å². The van der Waals surface area contributed by atoms with Crippen LogP contribution in [0.1, 0.15) is 20.1 Å². The van der Waals surface area contributed by atoms with Gasteiger partial charge in [-0.05, 0) is 58.0 Å². The predicted molar refractivity (Wildman–Crippen MR) is 139 cm³/mol. The SMILES string of the molecule is COc1ccc2ccccc2c1-c1c(OC)c(/C=C/c2ccc(C=O)s2)cc2ccccc12. The predicted octanol–water partition coefficient (Wildman–Crippen LogP) is 7.72. The number of aldehydes is 1. The second-order valence-corrected chi connectivity index (χ2v) is 8.80. The maximum atomic E-state index is 11.1. The molecule has 0 saturated heterocycles. The van der Waals surface area contributed by atoms with Crippen LogP contribution < -0.4 is 9.47 Å². The number of hydrogen-bond donors (Lipinski definition) is 0. The van der Waals surface area contributed by atoms with E-state index in [4.69, 9.17) is 9.47 Å². The molecule has 0 aliphatic heterocycles. The van der Waals surface area contributed by atoms with Gasteiger partial charge in [0, 0.05) is 21.6 Å². The van der Waals surface area contributed by atoms with Gasteiger partial charge in [-0.2, -0.15) is 0 Å². The van der Waals surface area contributed by atoms with E-state index in [1.165, 1.54) is 11.3 Å². The van der Waals surface area contributed by atoms with Crippen molar-refractivity contribution in [3.63, 3.8) is 0 Å². The number of rotatable bonds is 6. The normalized spacial score (nSPS) is 11.3. The Labute approximate surface area is 196 Å². The van der Waals surface area contributed by atoms with Gasteiger partial charge in [0.05, 0.1) is 19.1 Å². The molecule has 0 amide bonds. The Hall–Kier alpha value is -3.89. The molecule has 4 heteroatoms. The lowest BCUT2D eigenvalue weighted by atomic mass is 9.90. The third-order valence-electron chi connectivity index (χ3n) is 5.79. The van der Waals surface area contributed by atoms with Crippen molar-refractivity contribution in [2.75, 3.05) is 14.2 Å². The Morgan fingerprint density at radius 3 is 2.09 bits per heavy atom. The first-order chi connectivity index (χ1) is 16.2. The molecule has 162 valence electrons. The zero-order valence-electron chi connectivity index (χ0n) is 18.4. The lowest BCUT2D eigenvalue weighted by Crippen LogP contribution is -1.97. The molecule has 5 rings (SSSR count). The highest BCUT2D eigenvalue weighted by molar-refractivity contribution is 7.14. The van der Waals surface area contributed by atoms with E-state index in [0.717, 1.165) is 60.9 Å². The van der Waals surface area contributed by atoms with Gasteiger partial charge in [-0.25, -0.2) is 0 Å². The van der Waals surface area contributed by atoms with E-state index in [2.05, 4.69) is 36.4 Å². The first kappa shape index (κ1) is 21.0. The molecule has 0 aliphatic rings. The van der Waals surface area contributed by atoms with Crippen LogP contribution in [-0.2, 0) is 0 Å². The highest BCUT2D eigenvalue weighted by Gasteiger charge is 2.20. The molecule has 0 N–H and O–H groups in total. The van der Waals surface area contributed by atoms with Gasteiger partial charge in [-0.1, -0.05) is 54.6 Å². The van der Waals surface area contributed by atoms with E-state index >= 15 is 0 Å². The third-order valence-corrected chi connectivity index (χ3v) is 6.76. The van der Waals surface area contributed by atoms with Gasteiger partial charge >= 0.3 is 0 Å². The first-order valence-corrected chi connectivity index (χ1v) is 11.4. The minimum absolute atomic E-state index is 0.710. The topological polar surface area (TPSA) is 35.5 Å². The summed E-state index contributed by atoms with van der Waals surface area (Å²) in [4.78, 5) is 12.8. The van der Waals surface area contributed by atoms with Gasteiger partial charge in [0.1, 0.15) is 11.5 Å². The first-order valence-electron chi connectivity index (χ1n) is 10.6. The fraction of sp³-hybridized carbons (Fsp3) is 0.0690. The maximum Gasteiger partial charge on any atom is 0.160 e. The minimum Gasteiger partial charge on any atom is -0.496 e. The summed E-state index contributed by atoms with van der Waals surface area (Å²) in [7, 11) is 3.41. The summed E-state index contributed by atoms with van der Waals surface area (Å²) >= 11 is 1.46. The number of fused-ring (bicyclic) bond motifs is 2. The Balaban J connectivity index is 1.83. The lowest BCUT2D eigenvalue weighted by molar-refractivity contribution is 0.112. The number of carbonyl (C=O) groups is 1. The van der Waals surface area contributed by atoms with Crippen molar-refractivity contribution >= 4 is 51.3 Å². The molecule has 0 saturated carbocycles. The molecule has 0 aliphatic carbocycles. The Morgan fingerprint density at radius 1 is 0.697 bits per heavy atom. The van der Waals surface area contributed by atoms with Gasteiger partial charge in [0.2, 0.25) is 0 Å². The minimum atomic E-state index is 0.710. The van der Waals surface area contributed by atoms with E-state index in [-0.39, 0.29) is 0 Å². The zero-order chi connectivity index (χ0) is 22.8. The summed E-state index contributed by atoms with van der Waals surface area (Å²) in [5, 5.41) is 4.46. The van der Waals surface area contributed by atoms with Gasteiger partial charge in [-0.3, -0.25) is 4.79 Å². The molecule has 1 aromatic heterocycles. The second kappa shape index (κ2) is 8.93. The van der Waals surface area contributed by atoms with E-state index < -0.39 is 0 Å². The number of hydrogen-bond acceptors (Lipinski definition) is 4. The monoisotopic (exact) mass is 450 g/mol. The Kier molecular flexibility index (Phi) is 5.68. The average molecular weight is 451 g/mol. The van der Waals surface area contributed by atoms with Crippen molar-refractivity contribution < 1.29 is 14.3 Å². The molecule has 0 fully saturated rings. The zero-order valence-corrected chi connectivity index (χ0v) is 19.2. The Morgan fingerprint density at radius 2 is 1.39 bits per heavy atom. The van der Waals surface area contributed by atoms with Crippen LogP contribution in [0.2, 0.25) is 0 Å². The average Bonchev–Trinajstić information content (AvgIpc) is 3.34. The summed E-state index contributed by atoms with van der Waals surface area (Å²) in [6.45, 7) is 0. The van der Waals surface area contributed by atoms with Crippen LogP contribution in [0.15, 0.2) is 78.9 Å². The number of methoxy groups -OCH3 is 2. The second-order valence-electron chi connectivity index (χ2n) is 7.65. The molecule has 1 heterocycles. The van der Waals surface area contributed by atoms with Crippen LogP contribution in [0.5, 0.6) is 11.5 Å². The van der Waals surface area contributed by atoms with E-state index in [1.54, 1.807) is 14.2 Å². The van der Waals surface area contributed by atoms with Gasteiger partial charge < -0.3 is 9.47 Å². The summed E-state index contributed by atoms with van der Waals surface area (Å²) in [6, 6.07) is 26.7. The standard InChI is InChI=1S/C29H22O3S/c1-31-26-16-12-19-7-3-5-9-24(19)27(26)28-25-10-6-4-8-20(25)17-21(29(28)32-2)11-13-22-14-15-23(18-30)33-22/h3-18H,1-2H3/b13-11+. The van der Waals surface area contributed by atoms with Crippen molar-refractivity contribution in [1.29, 1.82) is 0 Å². The van der Waals surface area contributed by atoms with Crippen LogP contribution in [0.3, 0.4) is 0 Å². The van der Waals surface area contributed by atoms with E-state index in [9.17, 15) is 4.79 Å². The summed E-state index contributed by atoms with van der Waals surface area (Å²) in [5.41, 5.74) is 2.98. The van der Waals surface area contributed by atoms with Gasteiger partial charge in [-0.15, -0.1) is 11.3 Å². The van der Waals surface area contributed by atoms with Crippen molar-refractivity contribution in [2.45, 2.75) is 0 Å². The van der Waals surface area contributed by atoms with Crippen molar-refractivity contribution in [2.24, 2.45) is 0 Å². The molecule has 0 atom stereocenters. The molecule has 3 nitrogen and oxygen atoms in total. The van der Waals surface area contributed by atoms with Crippen molar-refractivity contribution in [3.05, 3.63) is 94.2 Å². The molecular formula is C29H22O3S. The van der Waals surface area contributed by atoms with Crippen LogP contribution >= 0.6 is 11.3 Å². The number of benzene rings is 4. The van der Waals surface area contributed by atoms with Crippen LogP contribution in [0.25, 0.3) is 44.8 Å². The summed E-state index contributed by atoms with van der Waals surface area (Å²) in [5.74, 6) is 1.58. The largest absolute Gasteiger partial charge is 0.496 e. The number of carbonyl (C=O) groups excluding carboxylic acids is 1. The highest BCUT2D eigenvalue weighted by Crippen LogP contribution is 2.47. The molecular weight excluding hydrogens is 428 g/mol. The highest BCUT2D eigenvalue weighted by atomic mass is 32.1. The van der Waals surface area contributed by atoms with Crippen LogP contribution in [-0.4, -0.2) is 20.5 Å². The van der Waals surface area contributed by atoms with Crippen LogP contribution in [0.4, 0.5) is 0 Å². The Bertz CT molecular complexity index is 1510. The van der Waals surface area contributed by atoms with Gasteiger partial charge in [0.25, 0.3) is 0 Å². The summed E-state index contributed by atoms with van der Waals surface area (Å²) in [6.07, 6.45) is 4.95. The number of ether oxygens (including phenoxy) is 2. The van der Waals surface area contributed by atoms with Crippen molar-refractivity contribution in [3.8, 4) is 22.6 Å². The summed E-state index contributed by atoms with van der Waals surface area (Å²) < 4.78 is 11.9. The fourth-order valence-corrected chi connectivity index (χ4v) is 5.04. The van der Waals surface area contributed by atoms with Crippen molar-refractivity contribution in [1.82, 2.24) is 0 Å². The number of thiophene rings is 1. The van der Waals surface area contributed by atoms with Crippen LogP contribution in [0, 0.1) is 0 Å². The quantitative estimate of drug-likeness (QED) is 0.248. The smallest absolute Gasteiger partial charge is 0.160 e. The fourth-order valence-electron chi connectivity index (χ4n) is 4.31. The van der Waals surface area contributed by atoms with E-state index in [0.29, 0.717) is 4.88 Å². The molecule has 33 heavy (non-hydrogen) atoms. The molecule has 0 bridgehead atoms. The third kappa shape index (κ3) is 3.79. The van der Waals surface area contributed by atoms with E-state index in [1.807, 2.05) is 54.6 Å². The lowest BCUT2D eigenvalue weighted by Gasteiger charge is -2.19. The molecule has 5 aromatic rings. The molecule has 0 unspecified atom stereocenters. The molecule has 0 spiro atoms. The molecule has 0 radical (unpaired) electrons. The molecule has 4 aromatic carbocycles. The maximum absolute atomic E-state index is 11.1.